The number of carboxylic acids is 1. The Hall–Kier alpha value is 0.380. The molecule has 1 heterocycles. The molecule has 0 saturated heterocycles. The maximum absolute atomic E-state index is 10.7. The predicted octanol–water partition coefficient (Wildman–Crippen LogP) is 2.39. The second kappa shape index (κ2) is 2.70. The van der Waals surface area contributed by atoms with Crippen molar-refractivity contribution in [1.29, 1.82) is 0 Å². The molecule has 7 heteroatoms. The Bertz CT molecular complexity index is 232. The van der Waals surface area contributed by atoms with E-state index >= 15 is 0 Å². The third-order valence-electron chi connectivity index (χ3n) is 1.37. The van der Waals surface area contributed by atoms with Crippen molar-refractivity contribution < 1.29 is 9.90 Å². The van der Waals surface area contributed by atoms with Crippen LogP contribution in [-0.2, 0) is 4.79 Å². The second-order valence-electron chi connectivity index (χ2n) is 2.15. The molecule has 1 unspecified atom stereocenters. The van der Waals surface area contributed by atoms with E-state index in [0.29, 0.717) is 0 Å². The number of hydrogen-bond acceptors (Lipinski definition) is 4. The Labute approximate surface area is 84.2 Å². The van der Waals surface area contributed by atoms with E-state index in [4.69, 9.17) is 5.11 Å². The molecular formula is C4H4Br2N2O2S. The van der Waals surface area contributed by atoms with Crippen LogP contribution in [0.2, 0.25) is 0 Å². The van der Waals surface area contributed by atoms with Gasteiger partial charge in [-0.3, -0.25) is 4.79 Å². The van der Waals surface area contributed by atoms with E-state index < -0.39 is 14.1 Å². The highest BCUT2D eigenvalue weighted by Crippen LogP contribution is 2.53. The van der Waals surface area contributed by atoms with Crippen LogP contribution in [0.25, 0.3) is 0 Å². The predicted molar refractivity (Wildman–Crippen MR) is 49.1 cm³/mol. The summed E-state index contributed by atoms with van der Waals surface area (Å²) in [5.74, 6) is -0.957. The first-order chi connectivity index (χ1) is 4.90. The molecule has 0 radical (unpaired) electrons. The Balaban J connectivity index is 2.99. The highest BCUT2D eigenvalue weighted by atomic mass is 79.9. The summed E-state index contributed by atoms with van der Waals surface area (Å²) in [6.45, 7) is 1.55. The molecule has 0 saturated carbocycles. The van der Waals surface area contributed by atoms with E-state index in [9.17, 15) is 4.79 Å². The molecule has 1 atom stereocenters. The van der Waals surface area contributed by atoms with Gasteiger partial charge in [-0.2, -0.15) is 0 Å². The average molecular weight is 304 g/mol. The van der Waals surface area contributed by atoms with E-state index in [-0.39, 0.29) is 0 Å². The smallest absolute Gasteiger partial charge is 0.325 e. The van der Waals surface area contributed by atoms with Gasteiger partial charge in [-0.05, 0) is 38.8 Å². The minimum absolute atomic E-state index is 0.925. The van der Waals surface area contributed by atoms with Gasteiger partial charge in [0.2, 0.25) is 3.36 Å². The van der Waals surface area contributed by atoms with E-state index in [1.54, 1.807) is 6.92 Å². The summed E-state index contributed by atoms with van der Waals surface area (Å²) in [4.78, 5) is 10.7. The number of hydrogen-bond donors (Lipinski definition) is 1. The quantitative estimate of drug-likeness (QED) is 0.459. The van der Waals surface area contributed by atoms with Crippen molar-refractivity contribution in [3.63, 3.8) is 0 Å². The lowest BCUT2D eigenvalue weighted by Gasteiger charge is -2.24. The number of rotatable bonds is 1. The van der Waals surface area contributed by atoms with Crippen LogP contribution in [0.5, 0.6) is 0 Å². The number of halogens is 2. The van der Waals surface area contributed by atoms with Crippen molar-refractivity contribution in [2.75, 3.05) is 0 Å². The highest BCUT2D eigenvalue weighted by Gasteiger charge is 2.56. The van der Waals surface area contributed by atoms with Crippen molar-refractivity contribution in [1.82, 2.24) is 0 Å². The minimum atomic E-state index is -1.08. The third kappa shape index (κ3) is 1.33. The molecule has 0 amide bonds. The zero-order valence-corrected chi connectivity index (χ0v) is 9.40. The lowest BCUT2D eigenvalue weighted by molar-refractivity contribution is -0.139. The Morgan fingerprint density at radius 1 is 1.64 bits per heavy atom. The first-order valence-electron chi connectivity index (χ1n) is 2.62. The van der Waals surface area contributed by atoms with Crippen molar-refractivity contribution in [2.45, 2.75) is 15.0 Å². The number of alkyl halides is 2. The molecule has 0 aromatic carbocycles. The zero-order chi connectivity index (χ0) is 8.70. The van der Waals surface area contributed by atoms with Gasteiger partial charge in [-0.1, -0.05) is 0 Å². The molecule has 62 valence electrons. The minimum Gasteiger partial charge on any atom is -0.480 e. The Kier molecular flexibility index (Phi) is 2.33. The van der Waals surface area contributed by atoms with Crippen LogP contribution in [0.1, 0.15) is 6.92 Å². The van der Waals surface area contributed by atoms with Crippen molar-refractivity contribution in [3.05, 3.63) is 0 Å². The number of carbonyl (C=O) groups is 1. The topological polar surface area (TPSA) is 62.0 Å². The fourth-order valence-corrected chi connectivity index (χ4v) is 2.17. The van der Waals surface area contributed by atoms with Crippen molar-refractivity contribution in [3.8, 4) is 0 Å². The van der Waals surface area contributed by atoms with Gasteiger partial charge in [-0.25, -0.2) is 0 Å². The summed E-state index contributed by atoms with van der Waals surface area (Å²) in [5.41, 5.74) is 0. The Morgan fingerprint density at radius 2 is 2.18 bits per heavy atom. The summed E-state index contributed by atoms with van der Waals surface area (Å²) in [7, 11) is 0. The van der Waals surface area contributed by atoms with Crippen LogP contribution in [-0.4, -0.2) is 19.2 Å². The van der Waals surface area contributed by atoms with Gasteiger partial charge in [0.25, 0.3) is 0 Å². The van der Waals surface area contributed by atoms with Crippen LogP contribution >= 0.6 is 43.8 Å². The molecule has 0 aliphatic carbocycles. The summed E-state index contributed by atoms with van der Waals surface area (Å²) in [5, 5.41) is 12.5. The summed E-state index contributed by atoms with van der Waals surface area (Å²) >= 11 is 7.17. The number of nitrogens with zero attached hydrogens (tertiary/aromatic N) is 2. The zero-order valence-electron chi connectivity index (χ0n) is 5.41. The molecule has 11 heavy (non-hydrogen) atoms. The van der Waals surface area contributed by atoms with Crippen LogP contribution in [0, 0.1) is 0 Å². The van der Waals surface area contributed by atoms with E-state index in [0.717, 1.165) is 11.9 Å². The number of aliphatic carboxylic acids is 1. The average Bonchev–Trinajstić information content (AvgIpc) is 2.09. The van der Waals surface area contributed by atoms with Gasteiger partial charge in [0.05, 0.1) is 0 Å². The first-order valence-corrected chi connectivity index (χ1v) is 4.98. The van der Waals surface area contributed by atoms with E-state index in [1.807, 2.05) is 0 Å². The van der Waals surface area contributed by atoms with Crippen molar-refractivity contribution >= 4 is 49.8 Å². The molecule has 4 nitrogen and oxygen atoms in total. The summed E-state index contributed by atoms with van der Waals surface area (Å²) in [6, 6.07) is 0. The molecular weight excluding hydrogens is 300 g/mol. The lowest BCUT2D eigenvalue weighted by Crippen LogP contribution is -2.42. The summed E-state index contributed by atoms with van der Waals surface area (Å²) in [6.07, 6.45) is 0. The molecule has 1 aliphatic rings. The molecule has 1 aliphatic heterocycles. The van der Waals surface area contributed by atoms with Crippen molar-refractivity contribution in [2.24, 2.45) is 9.63 Å². The monoisotopic (exact) mass is 302 g/mol. The molecule has 0 spiro atoms. The summed E-state index contributed by atoms with van der Waals surface area (Å²) < 4.78 is 1.52. The number of carboxylic acid groups (broad SMARTS) is 1. The standard InChI is InChI=1S/C4H4Br2N2O2S/c1-3(2(9)10)4(5,6)7-8-11-3/h1H3,(H,9,10). The van der Waals surface area contributed by atoms with Crippen LogP contribution < -0.4 is 0 Å². The van der Waals surface area contributed by atoms with E-state index in [1.165, 1.54) is 0 Å². The van der Waals surface area contributed by atoms with Gasteiger partial charge >= 0.3 is 5.97 Å². The van der Waals surface area contributed by atoms with Gasteiger partial charge in [0.1, 0.15) is 0 Å². The normalized spacial score (nSPS) is 34.1. The molecule has 1 N–H and O–H groups in total. The van der Waals surface area contributed by atoms with E-state index in [2.05, 4.69) is 41.5 Å². The second-order valence-corrected chi connectivity index (χ2v) is 6.67. The molecule has 0 bridgehead atoms. The highest BCUT2D eigenvalue weighted by molar-refractivity contribution is 9.25. The van der Waals surface area contributed by atoms with Gasteiger partial charge in [-0.15, -0.1) is 9.63 Å². The third-order valence-corrected chi connectivity index (χ3v) is 4.80. The molecule has 1 rings (SSSR count). The van der Waals surface area contributed by atoms with Gasteiger partial charge in [0, 0.05) is 11.9 Å². The first kappa shape index (κ1) is 9.47. The maximum Gasteiger partial charge on any atom is 0.325 e. The van der Waals surface area contributed by atoms with Crippen LogP contribution in [0.15, 0.2) is 9.63 Å². The molecule has 0 fully saturated rings. The Morgan fingerprint density at radius 3 is 2.36 bits per heavy atom. The lowest BCUT2D eigenvalue weighted by atomic mass is 10.2. The molecule has 0 aromatic heterocycles. The fraction of sp³-hybridized carbons (Fsp3) is 0.750. The maximum atomic E-state index is 10.7. The molecule has 0 aromatic rings. The SMILES string of the molecule is CC1(C(=O)O)SN=NC1(Br)Br. The van der Waals surface area contributed by atoms with Gasteiger partial charge < -0.3 is 5.11 Å². The van der Waals surface area contributed by atoms with Crippen LogP contribution in [0.4, 0.5) is 0 Å². The van der Waals surface area contributed by atoms with Crippen LogP contribution in [0.3, 0.4) is 0 Å². The fourth-order valence-electron chi connectivity index (χ4n) is 0.471. The largest absolute Gasteiger partial charge is 0.480 e. The van der Waals surface area contributed by atoms with Gasteiger partial charge in [0.15, 0.2) is 4.75 Å².